The Morgan fingerprint density at radius 2 is 2.18 bits per heavy atom. The fourth-order valence-corrected chi connectivity index (χ4v) is 2.73. The minimum atomic E-state index is -0.962. The molecule has 1 unspecified atom stereocenters. The highest BCUT2D eigenvalue weighted by molar-refractivity contribution is 9.10. The van der Waals surface area contributed by atoms with E-state index in [0.29, 0.717) is 12.4 Å². The van der Waals surface area contributed by atoms with E-state index >= 15 is 0 Å². The van der Waals surface area contributed by atoms with Gasteiger partial charge in [-0.2, -0.15) is 0 Å². The maximum atomic E-state index is 11.6. The van der Waals surface area contributed by atoms with Gasteiger partial charge in [0.15, 0.2) is 0 Å². The lowest BCUT2D eigenvalue weighted by Crippen LogP contribution is -2.48. The fourth-order valence-electron chi connectivity index (χ4n) is 1.14. The summed E-state index contributed by atoms with van der Waals surface area (Å²) in [6, 6.07) is 7.84. The Morgan fingerprint density at radius 3 is 2.76 bits per heavy atom. The van der Waals surface area contributed by atoms with Crippen LogP contribution >= 0.6 is 27.7 Å². The van der Waals surface area contributed by atoms with Crippen LogP contribution in [0.5, 0.6) is 0 Å². The highest BCUT2D eigenvalue weighted by atomic mass is 79.9. The van der Waals surface area contributed by atoms with Gasteiger partial charge in [-0.15, -0.1) is 11.8 Å². The SMILES string of the molecule is CCOC(=O)C(C)(N)CSc1ccccc1Br. The average Bonchev–Trinajstić information content (AvgIpc) is 2.28. The molecule has 0 amide bonds. The zero-order valence-electron chi connectivity index (χ0n) is 9.90. The van der Waals surface area contributed by atoms with Crippen LogP contribution in [0.15, 0.2) is 33.6 Å². The second kappa shape index (κ2) is 6.42. The summed E-state index contributed by atoms with van der Waals surface area (Å²) in [7, 11) is 0. The maximum absolute atomic E-state index is 11.6. The van der Waals surface area contributed by atoms with Crippen molar-refractivity contribution < 1.29 is 9.53 Å². The van der Waals surface area contributed by atoms with E-state index in [1.165, 1.54) is 11.8 Å². The molecule has 2 N–H and O–H groups in total. The number of carbonyl (C=O) groups excluding carboxylic acids is 1. The molecule has 1 aromatic rings. The molecule has 0 spiro atoms. The number of hydrogen-bond donors (Lipinski definition) is 1. The predicted molar refractivity (Wildman–Crippen MR) is 74.1 cm³/mol. The Balaban J connectivity index is 2.61. The number of nitrogens with two attached hydrogens (primary N) is 1. The smallest absolute Gasteiger partial charge is 0.326 e. The molecule has 0 saturated carbocycles. The summed E-state index contributed by atoms with van der Waals surface area (Å²) in [5.41, 5.74) is 4.97. The van der Waals surface area contributed by atoms with E-state index in [4.69, 9.17) is 10.5 Å². The van der Waals surface area contributed by atoms with Gasteiger partial charge in [-0.25, -0.2) is 0 Å². The molecular weight excluding hydrogens is 302 g/mol. The first-order valence-electron chi connectivity index (χ1n) is 5.31. The van der Waals surface area contributed by atoms with Crippen molar-refractivity contribution in [2.45, 2.75) is 24.3 Å². The number of halogens is 1. The lowest BCUT2D eigenvalue weighted by Gasteiger charge is -2.21. The van der Waals surface area contributed by atoms with Gasteiger partial charge in [0.2, 0.25) is 0 Å². The Kier molecular flexibility index (Phi) is 5.49. The predicted octanol–water partition coefficient (Wildman–Crippen LogP) is 2.82. The molecule has 1 aromatic carbocycles. The van der Waals surface area contributed by atoms with Crippen LogP contribution in [0.25, 0.3) is 0 Å². The van der Waals surface area contributed by atoms with Gasteiger partial charge in [0.1, 0.15) is 5.54 Å². The average molecular weight is 318 g/mol. The molecular formula is C12H16BrNO2S. The number of thioether (sulfide) groups is 1. The molecule has 1 atom stereocenters. The van der Waals surface area contributed by atoms with Crippen molar-refractivity contribution in [3.05, 3.63) is 28.7 Å². The van der Waals surface area contributed by atoms with E-state index in [-0.39, 0.29) is 5.97 Å². The zero-order chi connectivity index (χ0) is 12.9. The van der Waals surface area contributed by atoms with E-state index < -0.39 is 5.54 Å². The molecule has 0 aliphatic carbocycles. The standard InChI is InChI=1S/C12H16BrNO2S/c1-3-16-11(15)12(2,14)8-17-10-7-5-4-6-9(10)13/h4-7H,3,8,14H2,1-2H3. The van der Waals surface area contributed by atoms with Gasteiger partial charge >= 0.3 is 5.97 Å². The van der Waals surface area contributed by atoms with Crippen LogP contribution < -0.4 is 5.73 Å². The number of hydrogen-bond acceptors (Lipinski definition) is 4. The van der Waals surface area contributed by atoms with Crippen molar-refractivity contribution in [2.24, 2.45) is 5.73 Å². The topological polar surface area (TPSA) is 52.3 Å². The fraction of sp³-hybridized carbons (Fsp3) is 0.417. The van der Waals surface area contributed by atoms with Gasteiger partial charge in [0.25, 0.3) is 0 Å². The molecule has 1 rings (SSSR count). The molecule has 0 aliphatic heterocycles. The quantitative estimate of drug-likeness (QED) is 0.670. The number of ether oxygens (including phenoxy) is 1. The van der Waals surface area contributed by atoms with Crippen LogP contribution in [0.2, 0.25) is 0 Å². The van der Waals surface area contributed by atoms with Crippen LogP contribution in [-0.2, 0) is 9.53 Å². The summed E-state index contributed by atoms with van der Waals surface area (Å²) < 4.78 is 5.94. The zero-order valence-corrected chi connectivity index (χ0v) is 12.3. The molecule has 0 bridgehead atoms. The Morgan fingerprint density at radius 1 is 1.53 bits per heavy atom. The molecule has 0 fully saturated rings. The van der Waals surface area contributed by atoms with Gasteiger partial charge < -0.3 is 10.5 Å². The second-order valence-corrected chi connectivity index (χ2v) is 5.73. The first-order valence-corrected chi connectivity index (χ1v) is 7.08. The number of benzene rings is 1. The minimum Gasteiger partial charge on any atom is -0.465 e. The lowest BCUT2D eigenvalue weighted by atomic mass is 10.1. The molecule has 94 valence electrons. The molecule has 0 aromatic heterocycles. The van der Waals surface area contributed by atoms with Crippen molar-refractivity contribution in [3.63, 3.8) is 0 Å². The Bertz CT molecular complexity index is 396. The van der Waals surface area contributed by atoms with Crippen molar-refractivity contribution in [3.8, 4) is 0 Å². The molecule has 0 aliphatic rings. The normalized spacial score (nSPS) is 14.1. The van der Waals surface area contributed by atoms with E-state index in [0.717, 1.165) is 9.37 Å². The molecule has 0 heterocycles. The second-order valence-electron chi connectivity index (χ2n) is 3.86. The van der Waals surface area contributed by atoms with Gasteiger partial charge in [-0.1, -0.05) is 12.1 Å². The lowest BCUT2D eigenvalue weighted by molar-refractivity contribution is -0.148. The molecule has 17 heavy (non-hydrogen) atoms. The molecule has 5 heteroatoms. The third kappa shape index (κ3) is 4.33. The van der Waals surface area contributed by atoms with Crippen LogP contribution in [0, 0.1) is 0 Å². The minimum absolute atomic E-state index is 0.353. The molecule has 0 radical (unpaired) electrons. The van der Waals surface area contributed by atoms with Crippen LogP contribution in [-0.4, -0.2) is 23.9 Å². The summed E-state index contributed by atoms with van der Waals surface area (Å²) in [5, 5.41) is 0. The van der Waals surface area contributed by atoms with E-state index in [9.17, 15) is 4.79 Å². The monoisotopic (exact) mass is 317 g/mol. The van der Waals surface area contributed by atoms with E-state index in [1.54, 1.807) is 13.8 Å². The maximum Gasteiger partial charge on any atom is 0.326 e. The van der Waals surface area contributed by atoms with Gasteiger partial charge in [-0.3, -0.25) is 4.79 Å². The summed E-state index contributed by atoms with van der Waals surface area (Å²) in [4.78, 5) is 12.7. The third-order valence-corrected chi connectivity index (χ3v) is 4.47. The molecule has 0 saturated heterocycles. The van der Waals surface area contributed by atoms with E-state index in [1.807, 2.05) is 24.3 Å². The van der Waals surface area contributed by atoms with Crippen LogP contribution in [0.3, 0.4) is 0 Å². The van der Waals surface area contributed by atoms with Crippen molar-refractivity contribution >= 4 is 33.7 Å². The summed E-state index contributed by atoms with van der Waals surface area (Å²) >= 11 is 4.99. The third-order valence-electron chi connectivity index (χ3n) is 2.11. The Labute approximate surface area is 114 Å². The van der Waals surface area contributed by atoms with Crippen LogP contribution in [0.1, 0.15) is 13.8 Å². The van der Waals surface area contributed by atoms with Crippen molar-refractivity contribution in [2.75, 3.05) is 12.4 Å². The largest absolute Gasteiger partial charge is 0.465 e. The van der Waals surface area contributed by atoms with Gasteiger partial charge in [0, 0.05) is 15.1 Å². The highest BCUT2D eigenvalue weighted by Crippen LogP contribution is 2.29. The first-order chi connectivity index (χ1) is 7.97. The highest BCUT2D eigenvalue weighted by Gasteiger charge is 2.30. The number of carbonyl (C=O) groups is 1. The number of esters is 1. The number of rotatable bonds is 5. The van der Waals surface area contributed by atoms with Crippen molar-refractivity contribution in [1.29, 1.82) is 0 Å². The van der Waals surface area contributed by atoms with Gasteiger partial charge in [-0.05, 0) is 41.9 Å². The summed E-state index contributed by atoms with van der Waals surface area (Å²) in [6.45, 7) is 3.81. The van der Waals surface area contributed by atoms with Crippen molar-refractivity contribution in [1.82, 2.24) is 0 Å². The van der Waals surface area contributed by atoms with E-state index in [2.05, 4.69) is 15.9 Å². The summed E-state index contributed by atoms with van der Waals surface area (Å²) in [5.74, 6) is 0.119. The molecule has 3 nitrogen and oxygen atoms in total. The Hall–Kier alpha value is -0.520. The van der Waals surface area contributed by atoms with Gasteiger partial charge in [0.05, 0.1) is 6.61 Å². The first kappa shape index (κ1) is 14.5. The van der Waals surface area contributed by atoms with Crippen LogP contribution in [0.4, 0.5) is 0 Å². The summed E-state index contributed by atoms with van der Waals surface area (Å²) in [6.07, 6.45) is 0.